The number of benzene rings is 1. The third-order valence-electron chi connectivity index (χ3n) is 3.20. The van der Waals surface area contributed by atoms with Gasteiger partial charge in [0, 0.05) is 6.42 Å². The van der Waals surface area contributed by atoms with Crippen LogP contribution in [0.3, 0.4) is 0 Å². The zero-order valence-corrected chi connectivity index (χ0v) is 14.9. The average molecular weight is 373 g/mol. The number of alkyl carbamates (subject to hydrolysis) is 1. The van der Waals surface area contributed by atoms with Gasteiger partial charge in [-0.25, -0.2) is 4.79 Å². The van der Waals surface area contributed by atoms with Gasteiger partial charge in [-0.3, -0.25) is 10.1 Å². The summed E-state index contributed by atoms with van der Waals surface area (Å²) in [7, 11) is 0. The minimum atomic E-state index is -5.08. The lowest BCUT2D eigenvalue weighted by atomic mass is 9.97. The summed E-state index contributed by atoms with van der Waals surface area (Å²) in [5, 5.41) is 1.61. The van der Waals surface area contributed by atoms with E-state index in [-0.39, 0.29) is 0 Å². The molecule has 0 radical (unpaired) electrons. The SMILES string of the molecule is C=CCC(OCc1ccccc1)(C(=O)NC(=O)OC(C)(C)C)C(F)(F)F. The fourth-order valence-electron chi connectivity index (χ4n) is 2.02. The van der Waals surface area contributed by atoms with E-state index in [9.17, 15) is 22.8 Å². The Balaban J connectivity index is 3.07. The highest BCUT2D eigenvalue weighted by Crippen LogP contribution is 2.38. The van der Waals surface area contributed by atoms with Gasteiger partial charge in [0.15, 0.2) is 0 Å². The van der Waals surface area contributed by atoms with E-state index in [0.717, 1.165) is 6.08 Å². The molecule has 1 unspecified atom stereocenters. The molecule has 1 aromatic carbocycles. The van der Waals surface area contributed by atoms with Crippen LogP contribution in [0.1, 0.15) is 32.8 Å². The highest BCUT2D eigenvalue weighted by Gasteiger charge is 2.61. The van der Waals surface area contributed by atoms with Crippen LogP contribution < -0.4 is 5.32 Å². The number of carbonyl (C=O) groups is 2. The maximum Gasteiger partial charge on any atom is 0.426 e. The lowest BCUT2D eigenvalue weighted by Crippen LogP contribution is -2.59. The van der Waals surface area contributed by atoms with Gasteiger partial charge >= 0.3 is 12.3 Å². The molecular formula is C18H22F3NO4. The number of halogens is 3. The summed E-state index contributed by atoms with van der Waals surface area (Å²) >= 11 is 0. The largest absolute Gasteiger partial charge is 0.444 e. The molecule has 5 nitrogen and oxygen atoms in total. The quantitative estimate of drug-likeness (QED) is 0.762. The van der Waals surface area contributed by atoms with E-state index >= 15 is 0 Å². The lowest BCUT2D eigenvalue weighted by molar-refractivity contribution is -0.269. The summed E-state index contributed by atoms with van der Waals surface area (Å²) in [6.07, 6.45) is -6.32. The second kappa shape index (κ2) is 8.35. The summed E-state index contributed by atoms with van der Waals surface area (Å²) in [6, 6.07) is 8.06. The maximum atomic E-state index is 13.7. The predicted octanol–water partition coefficient (Wildman–Crippen LogP) is 4.13. The Morgan fingerprint density at radius 2 is 1.73 bits per heavy atom. The van der Waals surface area contributed by atoms with Crippen molar-refractivity contribution in [2.45, 2.75) is 51.2 Å². The molecule has 0 heterocycles. The number of hydrogen-bond acceptors (Lipinski definition) is 4. The van der Waals surface area contributed by atoms with Crippen LogP contribution in [0.4, 0.5) is 18.0 Å². The van der Waals surface area contributed by atoms with Gasteiger partial charge in [-0.15, -0.1) is 6.58 Å². The van der Waals surface area contributed by atoms with Gasteiger partial charge in [-0.1, -0.05) is 36.4 Å². The van der Waals surface area contributed by atoms with Crippen molar-refractivity contribution >= 4 is 12.0 Å². The van der Waals surface area contributed by atoms with E-state index in [0.29, 0.717) is 5.56 Å². The van der Waals surface area contributed by atoms with E-state index in [1.54, 1.807) is 35.6 Å². The number of imide groups is 1. The van der Waals surface area contributed by atoms with Crippen LogP contribution >= 0.6 is 0 Å². The first-order valence-corrected chi connectivity index (χ1v) is 7.81. The number of hydrogen-bond donors (Lipinski definition) is 1. The molecule has 2 amide bonds. The molecule has 0 spiro atoms. The van der Waals surface area contributed by atoms with E-state index in [1.807, 2.05) is 0 Å². The normalized spacial score (nSPS) is 14.2. The summed E-state index contributed by atoms with van der Waals surface area (Å²) in [6.45, 7) is 7.34. The van der Waals surface area contributed by atoms with Gasteiger partial charge in [-0.05, 0) is 26.3 Å². The average Bonchev–Trinajstić information content (AvgIpc) is 2.49. The first-order valence-electron chi connectivity index (χ1n) is 7.81. The molecule has 0 fully saturated rings. The third-order valence-corrected chi connectivity index (χ3v) is 3.20. The highest BCUT2D eigenvalue weighted by molar-refractivity contribution is 5.97. The van der Waals surface area contributed by atoms with Crippen LogP contribution in [-0.2, 0) is 20.9 Å². The first kappa shape index (κ1) is 21.7. The van der Waals surface area contributed by atoms with Gasteiger partial charge in [0.05, 0.1) is 6.61 Å². The van der Waals surface area contributed by atoms with Crippen LogP contribution in [0.2, 0.25) is 0 Å². The molecule has 0 aliphatic heterocycles. The van der Waals surface area contributed by atoms with Crippen LogP contribution in [0, 0.1) is 0 Å². The number of rotatable bonds is 6. The van der Waals surface area contributed by atoms with Crippen LogP contribution in [-0.4, -0.2) is 29.4 Å². The second-order valence-electron chi connectivity index (χ2n) is 6.55. The van der Waals surface area contributed by atoms with Crippen molar-refractivity contribution in [3.63, 3.8) is 0 Å². The van der Waals surface area contributed by atoms with Crippen LogP contribution in [0.5, 0.6) is 0 Å². The second-order valence-corrected chi connectivity index (χ2v) is 6.55. The van der Waals surface area contributed by atoms with Crippen molar-refractivity contribution in [3.8, 4) is 0 Å². The summed E-state index contributed by atoms with van der Waals surface area (Å²) in [5.74, 6) is -1.66. The van der Waals surface area contributed by atoms with E-state index in [1.165, 1.54) is 20.8 Å². The molecule has 0 saturated carbocycles. The standard InChI is InChI=1S/C18H22F3NO4/c1-5-11-17(18(19,20)21,25-12-13-9-7-6-8-10-13)14(23)22-15(24)26-16(2,3)4/h5-10H,1,11-12H2,2-4H3,(H,22,23,24). The Hall–Kier alpha value is -2.35. The zero-order chi connectivity index (χ0) is 20.0. The molecule has 0 aliphatic rings. The van der Waals surface area contributed by atoms with Crippen molar-refractivity contribution in [1.82, 2.24) is 5.32 Å². The topological polar surface area (TPSA) is 64.6 Å². The van der Waals surface area contributed by atoms with Gasteiger partial charge in [0.25, 0.3) is 5.91 Å². The van der Waals surface area contributed by atoms with Crippen LogP contribution in [0.15, 0.2) is 43.0 Å². The predicted molar refractivity (Wildman–Crippen MR) is 89.2 cm³/mol. The van der Waals surface area contributed by atoms with Gasteiger partial charge in [0.1, 0.15) is 5.60 Å². The van der Waals surface area contributed by atoms with Gasteiger partial charge in [0.2, 0.25) is 5.60 Å². The van der Waals surface area contributed by atoms with Crippen LogP contribution in [0.25, 0.3) is 0 Å². The molecule has 144 valence electrons. The number of amides is 2. The lowest BCUT2D eigenvalue weighted by Gasteiger charge is -2.33. The number of alkyl halides is 3. The third kappa shape index (κ3) is 5.87. The molecule has 1 N–H and O–H groups in total. The summed E-state index contributed by atoms with van der Waals surface area (Å²) < 4.78 is 51.0. The van der Waals surface area contributed by atoms with Crippen molar-refractivity contribution < 1.29 is 32.2 Å². The van der Waals surface area contributed by atoms with Crippen molar-refractivity contribution in [1.29, 1.82) is 0 Å². The van der Waals surface area contributed by atoms with Gasteiger partial charge < -0.3 is 9.47 Å². The zero-order valence-electron chi connectivity index (χ0n) is 14.9. The Labute approximate surface area is 150 Å². The first-order chi connectivity index (χ1) is 11.9. The molecule has 0 aliphatic carbocycles. The molecule has 8 heteroatoms. The summed E-state index contributed by atoms with van der Waals surface area (Å²) in [4.78, 5) is 24.0. The highest BCUT2D eigenvalue weighted by atomic mass is 19.4. The molecule has 26 heavy (non-hydrogen) atoms. The van der Waals surface area contributed by atoms with E-state index < -0.39 is 42.4 Å². The smallest absolute Gasteiger partial charge is 0.426 e. The van der Waals surface area contributed by atoms with Gasteiger partial charge in [-0.2, -0.15) is 13.2 Å². The van der Waals surface area contributed by atoms with Crippen molar-refractivity contribution in [3.05, 3.63) is 48.6 Å². The Bertz CT molecular complexity index is 638. The Morgan fingerprint density at radius 3 is 2.19 bits per heavy atom. The van der Waals surface area contributed by atoms with Crippen molar-refractivity contribution in [2.75, 3.05) is 0 Å². The monoisotopic (exact) mass is 373 g/mol. The maximum absolute atomic E-state index is 13.7. The fraction of sp³-hybridized carbons (Fsp3) is 0.444. The number of ether oxygens (including phenoxy) is 2. The molecule has 1 rings (SSSR count). The minimum Gasteiger partial charge on any atom is -0.444 e. The summed E-state index contributed by atoms with van der Waals surface area (Å²) in [5.41, 5.74) is -3.80. The molecule has 0 aromatic heterocycles. The molecular weight excluding hydrogens is 351 g/mol. The molecule has 1 aromatic rings. The molecule has 0 saturated heterocycles. The Morgan fingerprint density at radius 1 is 1.15 bits per heavy atom. The van der Waals surface area contributed by atoms with Crippen molar-refractivity contribution in [2.24, 2.45) is 0 Å². The minimum absolute atomic E-state index is 0.440. The molecule has 0 bridgehead atoms. The number of carbonyl (C=O) groups excluding carboxylic acids is 2. The van der Waals surface area contributed by atoms with E-state index in [2.05, 4.69) is 6.58 Å². The van der Waals surface area contributed by atoms with E-state index in [4.69, 9.17) is 9.47 Å². The fourth-order valence-corrected chi connectivity index (χ4v) is 2.02. The number of nitrogens with one attached hydrogen (secondary N) is 1. The Kier molecular flexibility index (Phi) is 6.97. The molecule has 1 atom stereocenters.